The molecule has 2 aliphatic heterocycles. The first-order chi connectivity index (χ1) is 10.6. The Morgan fingerprint density at radius 3 is 3.18 bits per heavy atom. The van der Waals surface area contributed by atoms with Crippen LogP contribution in [0.5, 0.6) is 0 Å². The molecular formula is C15H15N5O2. The molecule has 0 fully saturated rings. The molecule has 0 radical (unpaired) electrons. The molecule has 0 spiro atoms. The minimum absolute atomic E-state index is 0.0612. The molecule has 2 aliphatic rings. The van der Waals surface area contributed by atoms with Crippen LogP contribution in [0.25, 0.3) is 0 Å². The second kappa shape index (κ2) is 4.66. The first kappa shape index (κ1) is 13.0. The third-order valence-electron chi connectivity index (χ3n) is 4.27. The molecule has 0 bridgehead atoms. The molecule has 4 heterocycles. The van der Waals surface area contributed by atoms with E-state index in [0.29, 0.717) is 30.0 Å². The third kappa shape index (κ3) is 1.89. The molecule has 1 unspecified atom stereocenters. The summed E-state index contributed by atoms with van der Waals surface area (Å²) in [5.41, 5.74) is 3.40. The van der Waals surface area contributed by atoms with Gasteiger partial charge in [0.15, 0.2) is 0 Å². The Hall–Kier alpha value is -2.70. The molecule has 112 valence electrons. The molecule has 22 heavy (non-hydrogen) atoms. The lowest BCUT2D eigenvalue weighted by atomic mass is 9.97. The Labute approximate surface area is 126 Å². The Morgan fingerprint density at radius 1 is 1.45 bits per heavy atom. The highest BCUT2D eigenvalue weighted by Gasteiger charge is 2.31. The van der Waals surface area contributed by atoms with E-state index in [9.17, 15) is 9.59 Å². The number of rotatable bonds is 1. The monoisotopic (exact) mass is 297 g/mol. The number of hydrogen-bond donors (Lipinski definition) is 2. The molecule has 7 nitrogen and oxygen atoms in total. The maximum Gasteiger partial charge on any atom is 0.254 e. The number of fused-ring (bicyclic) bond motifs is 2. The molecule has 0 saturated carbocycles. The van der Waals surface area contributed by atoms with Crippen molar-refractivity contribution in [1.29, 1.82) is 0 Å². The van der Waals surface area contributed by atoms with E-state index in [4.69, 9.17) is 0 Å². The first-order valence-corrected chi connectivity index (χ1v) is 7.22. The molecule has 4 rings (SSSR count). The number of hydrogen-bond acceptors (Lipinski definition) is 4. The van der Waals surface area contributed by atoms with Gasteiger partial charge in [-0.2, -0.15) is 5.10 Å². The second-order valence-corrected chi connectivity index (χ2v) is 5.81. The van der Waals surface area contributed by atoms with Gasteiger partial charge in [-0.1, -0.05) is 6.92 Å². The number of carbonyl (C=O) groups is 2. The van der Waals surface area contributed by atoms with Gasteiger partial charge in [0.1, 0.15) is 5.82 Å². The van der Waals surface area contributed by atoms with Gasteiger partial charge in [0.2, 0.25) is 5.91 Å². The smallest absolute Gasteiger partial charge is 0.254 e. The van der Waals surface area contributed by atoms with Crippen molar-refractivity contribution in [1.82, 2.24) is 20.1 Å². The van der Waals surface area contributed by atoms with Gasteiger partial charge in [0.05, 0.1) is 12.6 Å². The molecule has 2 aromatic heterocycles. The van der Waals surface area contributed by atoms with Crippen LogP contribution >= 0.6 is 0 Å². The molecule has 1 atom stereocenters. The van der Waals surface area contributed by atoms with E-state index in [-0.39, 0.29) is 24.2 Å². The topological polar surface area (TPSA) is 91.0 Å². The maximum atomic E-state index is 12.9. The average Bonchev–Trinajstić information content (AvgIpc) is 3.11. The quantitative estimate of drug-likeness (QED) is 0.823. The van der Waals surface area contributed by atoms with Crippen molar-refractivity contribution in [2.24, 2.45) is 0 Å². The molecule has 0 saturated heterocycles. The minimum Gasteiger partial charge on any atom is -0.334 e. The summed E-state index contributed by atoms with van der Waals surface area (Å²) in [4.78, 5) is 30.3. The van der Waals surface area contributed by atoms with Crippen LogP contribution in [0.2, 0.25) is 0 Å². The average molecular weight is 297 g/mol. The van der Waals surface area contributed by atoms with Gasteiger partial charge in [0.25, 0.3) is 5.91 Å². The van der Waals surface area contributed by atoms with E-state index in [2.05, 4.69) is 27.4 Å². The van der Waals surface area contributed by atoms with Crippen molar-refractivity contribution >= 4 is 17.6 Å². The zero-order valence-electron chi connectivity index (χ0n) is 12.1. The van der Waals surface area contributed by atoms with E-state index < -0.39 is 0 Å². The van der Waals surface area contributed by atoms with Crippen molar-refractivity contribution in [2.75, 3.05) is 11.9 Å². The predicted molar refractivity (Wildman–Crippen MR) is 78.3 cm³/mol. The summed E-state index contributed by atoms with van der Waals surface area (Å²) in [6.07, 6.45) is 3.55. The minimum atomic E-state index is -0.119. The Kier molecular flexibility index (Phi) is 2.75. The lowest BCUT2D eigenvalue weighted by Gasteiger charge is -2.31. The van der Waals surface area contributed by atoms with Crippen molar-refractivity contribution < 1.29 is 9.59 Å². The Morgan fingerprint density at radius 2 is 2.32 bits per heavy atom. The highest BCUT2D eigenvalue weighted by atomic mass is 16.2. The van der Waals surface area contributed by atoms with Gasteiger partial charge in [0, 0.05) is 47.6 Å². The standard InChI is InChI=1S/C15H15N5O2/c1-8-6-20(7-9-5-17-19-13(8)9)15(22)10-2-3-16-14-11(10)4-12(21)18-14/h2-3,5,8H,4,6-7H2,1H3,(H,17,19)(H,16,18,21). The van der Waals surface area contributed by atoms with Crippen molar-refractivity contribution in [3.05, 3.63) is 40.8 Å². The fourth-order valence-corrected chi connectivity index (χ4v) is 3.21. The highest BCUT2D eigenvalue weighted by Crippen LogP contribution is 2.29. The fraction of sp³-hybridized carbons (Fsp3) is 0.333. The summed E-state index contributed by atoms with van der Waals surface area (Å²) >= 11 is 0. The summed E-state index contributed by atoms with van der Waals surface area (Å²) in [6.45, 7) is 3.23. The van der Waals surface area contributed by atoms with Gasteiger partial charge in [-0.25, -0.2) is 4.98 Å². The number of H-pyrrole nitrogens is 1. The predicted octanol–water partition coefficient (Wildman–Crippen LogP) is 1.06. The van der Waals surface area contributed by atoms with Gasteiger partial charge >= 0.3 is 0 Å². The number of nitrogens with one attached hydrogen (secondary N) is 2. The van der Waals surface area contributed by atoms with Crippen LogP contribution in [0, 0.1) is 0 Å². The molecular weight excluding hydrogens is 282 g/mol. The van der Waals surface area contributed by atoms with Crippen LogP contribution in [-0.4, -0.2) is 38.4 Å². The number of aromatic amines is 1. The van der Waals surface area contributed by atoms with Crippen LogP contribution < -0.4 is 5.32 Å². The summed E-state index contributed by atoms with van der Waals surface area (Å²) in [6, 6.07) is 1.69. The first-order valence-electron chi connectivity index (χ1n) is 7.22. The van der Waals surface area contributed by atoms with E-state index in [1.807, 2.05) is 0 Å². The van der Waals surface area contributed by atoms with Gasteiger partial charge in [-0.05, 0) is 6.07 Å². The maximum absolute atomic E-state index is 12.9. The second-order valence-electron chi connectivity index (χ2n) is 5.81. The largest absolute Gasteiger partial charge is 0.334 e. The van der Waals surface area contributed by atoms with E-state index in [1.54, 1.807) is 23.4 Å². The molecule has 2 aromatic rings. The fourth-order valence-electron chi connectivity index (χ4n) is 3.21. The number of carbonyl (C=O) groups excluding carboxylic acids is 2. The molecule has 0 aromatic carbocycles. The number of amides is 2. The summed E-state index contributed by atoms with van der Waals surface area (Å²) in [5.74, 6) is 0.537. The van der Waals surface area contributed by atoms with E-state index >= 15 is 0 Å². The van der Waals surface area contributed by atoms with Gasteiger partial charge < -0.3 is 10.2 Å². The lowest BCUT2D eigenvalue weighted by Crippen LogP contribution is -2.37. The summed E-state index contributed by atoms with van der Waals surface area (Å²) < 4.78 is 0. The lowest BCUT2D eigenvalue weighted by molar-refractivity contribution is -0.115. The van der Waals surface area contributed by atoms with Gasteiger partial charge in [-0.3, -0.25) is 14.7 Å². The summed E-state index contributed by atoms with van der Waals surface area (Å²) in [5, 5.41) is 9.74. The van der Waals surface area contributed by atoms with Crippen LogP contribution in [-0.2, 0) is 17.8 Å². The molecule has 2 N–H and O–H groups in total. The highest BCUT2D eigenvalue weighted by molar-refractivity contribution is 6.04. The van der Waals surface area contributed by atoms with Crippen LogP contribution in [0.4, 0.5) is 5.82 Å². The SMILES string of the molecule is CC1CN(C(=O)c2ccnc3c2CC(=O)N3)Cc2cn[nH]c21. The zero-order chi connectivity index (χ0) is 15.3. The van der Waals surface area contributed by atoms with Crippen LogP contribution in [0.1, 0.15) is 40.0 Å². The van der Waals surface area contributed by atoms with Crippen molar-refractivity contribution in [2.45, 2.75) is 25.8 Å². The number of nitrogens with zero attached hydrogens (tertiary/aromatic N) is 3. The Bertz CT molecular complexity index is 782. The van der Waals surface area contributed by atoms with E-state index in [0.717, 1.165) is 11.3 Å². The number of pyridine rings is 1. The molecule has 0 aliphatic carbocycles. The third-order valence-corrected chi connectivity index (χ3v) is 4.27. The van der Waals surface area contributed by atoms with E-state index in [1.165, 1.54) is 0 Å². The molecule has 2 amide bonds. The van der Waals surface area contributed by atoms with Gasteiger partial charge in [-0.15, -0.1) is 0 Å². The normalized spacial score (nSPS) is 19.6. The Balaban J connectivity index is 1.67. The number of anilines is 1. The van der Waals surface area contributed by atoms with Crippen LogP contribution in [0.15, 0.2) is 18.5 Å². The molecule has 7 heteroatoms. The number of aromatic nitrogens is 3. The zero-order valence-corrected chi connectivity index (χ0v) is 12.1. The summed E-state index contributed by atoms with van der Waals surface area (Å²) in [7, 11) is 0. The van der Waals surface area contributed by atoms with Crippen LogP contribution in [0.3, 0.4) is 0 Å². The van der Waals surface area contributed by atoms with Crippen molar-refractivity contribution in [3.8, 4) is 0 Å². The van der Waals surface area contributed by atoms with Crippen molar-refractivity contribution in [3.63, 3.8) is 0 Å².